The van der Waals surface area contributed by atoms with E-state index in [0.29, 0.717) is 6.61 Å². The molecule has 0 saturated carbocycles. The normalized spacial score (nSPS) is 6.40. The number of carbonyl (C=O) groups is 3. The van der Waals surface area contributed by atoms with Crippen molar-refractivity contribution in [3.05, 3.63) is 0 Å². The fourth-order valence-electron chi connectivity index (χ4n) is 0.203. The first kappa shape index (κ1) is 23.6. The third-order valence-corrected chi connectivity index (χ3v) is 0.348. The number of hydrogen-bond donors (Lipinski definition) is 0. The minimum absolute atomic E-state index is 0. The van der Waals surface area contributed by atoms with Crippen LogP contribution in [0.2, 0.25) is 0 Å². The Balaban J connectivity index is -0.0000000606. The summed E-state index contributed by atoms with van der Waals surface area (Å²) < 4.78 is 4.40. The van der Waals surface area contributed by atoms with Crippen LogP contribution < -0.4 is 10.2 Å². The van der Waals surface area contributed by atoms with E-state index in [9.17, 15) is 4.79 Å². The monoisotopic (exact) mass is 265 g/mol. The molecule has 0 atom stereocenters. The van der Waals surface area contributed by atoms with E-state index in [4.69, 9.17) is 19.8 Å². The van der Waals surface area contributed by atoms with E-state index in [2.05, 4.69) is 4.74 Å². The zero-order valence-electron chi connectivity index (χ0n) is 8.99. The average molecular weight is 265 g/mol. The summed E-state index contributed by atoms with van der Waals surface area (Å²) in [6.07, 6.45) is 0. The van der Waals surface area contributed by atoms with Crippen LogP contribution in [0.4, 0.5) is 0 Å². The number of hydrogen-bond acceptors (Lipinski definition) is 6. The molecule has 0 fully saturated rings. The van der Waals surface area contributed by atoms with Gasteiger partial charge in [0.2, 0.25) is 0 Å². The van der Waals surface area contributed by atoms with E-state index in [0.717, 1.165) is 13.8 Å². The van der Waals surface area contributed by atoms with Crippen molar-refractivity contribution >= 4 is 17.9 Å². The molecule has 0 bridgehead atoms. The largest absolute Gasteiger partial charge is 2.00 e. The molecule has 0 aliphatic carbocycles. The second kappa shape index (κ2) is 18.7. The maximum absolute atomic E-state index is 9.82. The van der Waals surface area contributed by atoms with Crippen molar-refractivity contribution in [1.82, 2.24) is 0 Å². The molecule has 0 spiro atoms. The Labute approximate surface area is 98.8 Å². The van der Waals surface area contributed by atoms with Crippen LogP contribution in [0.1, 0.15) is 27.7 Å². The Morgan fingerprint density at radius 1 is 1.00 bits per heavy atom. The smallest absolute Gasteiger partial charge is 0.550 e. The quantitative estimate of drug-likeness (QED) is 0.511. The number of rotatable bonds is 1. The van der Waals surface area contributed by atoms with E-state index in [1.165, 1.54) is 6.92 Å². The second-order valence-corrected chi connectivity index (χ2v) is 1.91. The van der Waals surface area contributed by atoms with Gasteiger partial charge in [-0.25, -0.2) is 0 Å². The molecule has 1 radical (unpaired) electrons. The minimum Gasteiger partial charge on any atom is -0.550 e. The van der Waals surface area contributed by atoms with Crippen molar-refractivity contribution in [1.29, 1.82) is 0 Å². The van der Waals surface area contributed by atoms with Crippen LogP contribution in [0.5, 0.6) is 0 Å². The van der Waals surface area contributed by atoms with E-state index < -0.39 is 11.9 Å². The summed E-state index contributed by atoms with van der Waals surface area (Å²) in [5, 5.41) is 17.8. The Bertz CT molecular complexity index is 160. The zero-order chi connectivity index (χ0) is 12.1. The molecule has 0 aromatic carbocycles. The molecule has 6 nitrogen and oxygen atoms in total. The van der Waals surface area contributed by atoms with Gasteiger partial charge in [0.25, 0.3) is 0 Å². The third-order valence-electron chi connectivity index (χ3n) is 0.348. The summed E-state index contributed by atoms with van der Waals surface area (Å²) in [5.41, 5.74) is 0. The summed E-state index contributed by atoms with van der Waals surface area (Å²) in [4.78, 5) is 27.6. The molecular weight excluding hydrogens is 251 g/mol. The molecule has 0 heterocycles. The fourth-order valence-corrected chi connectivity index (χ4v) is 0.203. The van der Waals surface area contributed by atoms with Crippen LogP contribution in [0.15, 0.2) is 0 Å². The van der Waals surface area contributed by atoms with Crippen LogP contribution in [0.25, 0.3) is 0 Å². The Kier molecular flexibility index (Phi) is 29.4. The van der Waals surface area contributed by atoms with Gasteiger partial charge in [-0.15, -0.1) is 0 Å². The van der Waals surface area contributed by atoms with Gasteiger partial charge in [0.05, 0.1) is 6.61 Å². The molecule has 0 N–H and O–H groups in total. The maximum Gasteiger partial charge on any atom is 2.00 e. The Morgan fingerprint density at radius 2 is 1.20 bits per heavy atom. The van der Waals surface area contributed by atoms with Crippen LogP contribution in [0.3, 0.4) is 0 Å². The predicted octanol–water partition coefficient (Wildman–Crippen LogP) is -1.92. The number of carbonyl (C=O) groups excluding carboxylic acids is 3. The predicted molar refractivity (Wildman–Crippen MR) is 43.7 cm³/mol. The van der Waals surface area contributed by atoms with Gasteiger partial charge in [-0.3, -0.25) is 4.79 Å². The van der Waals surface area contributed by atoms with Crippen LogP contribution in [-0.2, 0) is 35.9 Å². The molecule has 15 heavy (non-hydrogen) atoms. The molecule has 0 saturated heterocycles. The SMILES string of the molecule is CC(=O)[O-].CC(=O)[O-].CCOC(C)=O.[Co+2]. The number of esters is 1. The van der Waals surface area contributed by atoms with Crippen LogP contribution in [0, 0.1) is 0 Å². The summed E-state index contributed by atoms with van der Waals surface area (Å²) >= 11 is 0. The van der Waals surface area contributed by atoms with Crippen LogP contribution in [-0.4, -0.2) is 24.5 Å². The van der Waals surface area contributed by atoms with E-state index in [-0.39, 0.29) is 22.7 Å². The van der Waals surface area contributed by atoms with Gasteiger partial charge in [-0.1, -0.05) is 0 Å². The summed E-state index contributed by atoms with van der Waals surface area (Å²) in [7, 11) is 0. The van der Waals surface area contributed by atoms with Crippen molar-refractivity contribution in [3.8, 4) is 0 Å². The zero-order valence-corrected chi connectivity index (χ0v) is 10.0. The molecule has 0 aromatic rings. The molecular formula is C8H14CoO6. The molecule has 0 amide bonds. The number of ether oxygens (including phenoxy) is 1. The molecule has 0 aromatic heterocycles. The number of carboxylic acid groups (broad SMARTS) is 2. The minimum atomic E-state index is -1.08. The standard InChI is InChI=1S/C4H8O2.2C2H4O2.Co/c1-3-6-4(2)5;2*1-2(3)4;/h3H2,1-2H3;2*1H3,(H,3,4);/q;;;+2/p-2. The second-order valence-electron chi connectivity index (χ2n) is 1.91. The molecule has 0 unspecified atom stereocenters. The third kappa shape index (κ3) is 419. The number of aliphatic carboxylic acids is 2. The van der Waals surface area contributed by atoms with Gasteiger partial charge >= 0.3 is 22.7 Å². The Hall–Kier alpha value is -1.08. The van der Waals surface area contributed by atoms with Crippen molar-refractivity contribution in [2.24, 2.45) is 0 Å². The first-order valence-electron chi connectivity index (χ1n) is 3.72. The van der Waals surface area contributed by atoms with Gasteiger partial charge < -0.3 is 24.5 Å². The first-order valence-corrected chi connectivity index (χ1v) is 3.72. The molecule has 0 aliphatic heterocycles. The van der Waals surface area contributed by atoms with Crippen molar-refractivity contribution in [2.75, 3.05) is 6.61 Å². The summed E-state index contributed by atoms with van der Waals surface area (Å²) in [5.74, 6) is -2.38. The van der Waals surface area contributed by atoms with Gasteiger partial charge in [0.1, 0.15) is 0 Å². The molecule has 0 rings (SSSR count). The summed E-state index contributed by atoms with van der Waals surface area (Å²) in [6.45, 7) is 5.60. The molecule has 0 aliphatic rings. The number of carboxylic acids is 2. The van der Waals surface area contributed by atoms with Gasteiger partial charge in [-0.05, 0) is 20.8 Å². The van der Waals surface area contributed by atoms with E-state index in [1.807, 2.05) is 0 Å². The molecule has 7 heteroatoms. The van der Waals surface area contributed by atoms with Crippen molar-refractivity contribution < 1.29 is 46.1 Å². The van der Waals surface area contributed by atoms with E-state index >= 15 is 0 Å². The molecule has 91 valence electrons. The van der Waals surface area contributed by atoms with Crippen molar-refractivity contribution in [2.45, 2.75) is 27.7 Å². The van der Waals surface area contributed by atoms with E-state index in [1.54, 1.807) is 6.92 Å². The van der Waals surface area contributed by atoms with Gasteiger partial charge in [0.15, 0.2) is 0 Å². The first-order chi connectivity index (χ1) is 6.23. The fraction of sp³-hybridized carbons (Fsp3) is 0.625. The van der Waals surface area contributed by atoms with Gasteiger partial charge in [0, 0.05) is 18.9 Å². The van der Waals surface area contributed by atoms with Gasteiger partial charge in [-0.2, -0.15) is 0 Å². The van der Waals surface area contributed by atoms with Crippen LogP contribution >= 0.6 is 0 Å². The average Bonchev–Trinajstić information content (AvgIpc) is 1.82. The van der Waals surface area contributed by atoms with Crippen molar-refractivity contribution in [3.63, 3.8) is 0 Å². The maximum atomic E-state index is 9.82. The Morgan fingerprint density at radius 3 is 1.20 bits per heavy atom. The summed E-state index contributed by atoms with van der Waals surface area (Å²) in [6, 6.07) is 0. The topological polar surface area (TPSA) is 107 Å².